The number of ketones is 1. The van der Waals surface area contributed by atoms with E-state index in [0.717, 1.165) is 6.42 Å². The lowest BCUT2D eigenvalue weighted by Crippen LogP contribution is -2.58. The molecule has 11 heteroatoms. The zero-order valence-corrected chi connectivity index (χ0v) is 32.6. The van der Waals surface area contributed by atoms with Gasteiger partial charge < -0.3 is 32.6 Å². The monoisotopic (exact) mass is 680 g/mol. The number of carbonyl (C=O) groups excluding carboxylic acids is 1. The van der Waals surface area contributed by atoms with E-state index >= 15 is 0 Å². The second-order valence-electron chi connectivity index (χ2n) is 15.8. The summed E-state index contributed by atoms with van der Waals surface area (Å²) in [5.74, 6) is 0.790. The minimum atomic E-state index is -2.02. The molecule has 0 aliphatic carbocycles. The van der Waals surface area contributed by atoms with Gasteiger partial charge in [-0.15, -0.1) is 0 Å². The van der Waals surface area contributed by atoms with Gasteiger partial charge in [-0.05, 0) is 83.5 Å². The van der Waals surface area contributed by atoms with Gasteiger partial charge in [-0.3, -0.25) is 4.79 Å². The first-order valence-corrected chi connectivity index (χ1v) is 26.8. The molecule has 1 N–H and O–H groups in total. The van der Waals surface area contributed by atoms with Gasteiger partial charge in [0.05, 0.1) is 43.2 Å². The summed E-state index contributed by atoms with van der Waals surface area (Å²) in [5.41, 5.74) is 0.682. The highest BCUT2D eigenvalue weighted by Gasteiger charge is 2.52. The number of epoxide rings is 1. The topological polar surface area (TPSA) is 96.0 Å². The van der Waals surface area contributed by atoms with Crippen LogP contribution in [0.4, 0.5) is 0 Å². The summed E-state index contributed by atoms with van der Waals surface area (Å²) in [6.07, 6.45) is 1.39. The van der Waals surface area contributed by atoms with Gasteiger partial charge >= 0.3 is 0 Å². The Kier molecular flexibility index (Phi) is 13.5. The van der Waals surface area contributed by atoms with Crippen LogP contribution in [0.1, 0.15) is 44.8 Å². The molecule has 1 aromatic carbocycles. The van der Waals surface area contributed by atoms with E-state index in [9.17, 15) is 9.90 Å². The molecule has 2 heterocycles. The number of ether oxygens (including phenoxy) is 3. The van der Waals surface area contributed by atoms with Gasteiger partial charge in [-0.25, -0.2) is 0 Å². The highest BCUT2D eigenvalue weighted by Crippen LogP contribution is 2.41. The molecule has 0 spiro atoms. The quantitative estimate of drug-likeness (QED) is 0.0995. The summed E-state index contributed by atoms with van der Waals surface area (Å²) in [4.78, 5) is 13.4. The smallest absolute Gasteiger partial charge is 0.184 e. The normalized spacial score (nSPS) is 27.8. The zero-order valence-electron chi connectivity index (χ0n) is 29.6. The van der Waals surface area contributed by atoms with Crippen molar-refractivity contribution in [1.29, 1.82) is 0 Å². The van der Waals surface area contributed by atoms with Gasteiger partial charge in [-0.1, -0.05) is 31.7 Å². The van der Waals surface area contributed by atoms with Gasteiger partial charge in [0.15, 0.2) is 25.0 Å². The van der Waals surface area contributed by atoms with Gasteiger partial charge in [0.1, 0.15) is 18.1 Å². The maximum absolute atomic E-state index is 13.4. The van der Waals surface area contributed by atoms with E-state index in [4.69, 9.17) is 27.5 Å². The van der Waals surface area contributed by atoms with Crippen LogP contribution >= 0.6 is 0 Å². The van der Waals surface area contributed by atoms with Crippen LogP contribution in [0.3, 0.4) is 0 Å². The molecule has 0 radical (unpaired) electrons. The summed E-state index contributed by atoms with van der Waals surface area (Å²) in [6.45, 7) is 28.6. The van der Waals surface area contributed by atoms with Crippen LogP contribution in [0.25, 0.3) is 0 Å². The van der Waals surface area contributed by atoms with E-state index in [-0.39, 0.29) is 67.1 Å². The Labute approximate surface area is 275 Å². The van der Waals surface area contributed by atoms with Crippen LogP contribution in [0.15, 0.2) is 36.9 Å². The van der Waals surface area contributed by atoms with Crippen molar-refractivity contribution in [3.63, 3.8) is 0 Å². The van der Waals surface area contributed by atoms with E-state index in [1.165, 1.54) is 0 Å². The van der Waals surface area contributed by atoms with Crippen molar-refractivity contribution in [2.45, 2.75) is 135 Å². The third-order valence-corrected chi connectivity index (χ3v) is 11.1. The molecule has 9 atom stereocenters. The van der Waals surface area contributed by atoms with Crippen molar-refractivity contribution in [2.75, 3.05) is 13.2 Å². The molecule has 3 rings (SSSR count). The van der Waals surface area contributed by atoms with Crippen LogP contribution in [-0.4, -0.2) is 85.7 Å². The molecule has 256 valence electrons. The van der Waals surface area contributed by atoms with Crippen molar-refractivity contribution in [3.05, 3.63) is 42.5 Å². The molecular formula is C34H60O8Si3. The van der Waals surface area contributed by atoms with Gasteiger partial charge in [0, 0.05) is 37.2 Å². The maximum atomic E-state index is 13.4. The van der Waals surface area contributed by atoms with E-state index < -0.39 is 31.1 Å². The number of aliphatic hydroxyl groups excluding tert-OH is 1. The van der Waals surface area contributed by atoms with Crippen molar-refractivity contribution < 1.29 is 37.4 Å². The molecule has 2 saturated heterocycles. The highest BCUT2D eigenvalue weighted by molar-refractivity contribution is 6.70. The predicted molar refractivity (Wildman–Crippen MR) is 187 cm³/mol. The van der Waals surface area contributed by atoms with Crippen molar-refractivity contribution in [1.82, 2.24) is 0 Å². The Bertz CT molecular complexity index is 1090. The number of hydrogen-bond acceptors (Lipinski definition) is 8. The number of rotatable bonds is 18. The Balaban J connectivity index is 1.71. The first kappa shape index (κ1) is 38.3. The van der Waals surface area contributed by atoms with E-state index in [1.54, 1.807) is 30.3 Å². The lowest BCUT2D eigenvalue weighted by molar-refractivity contribution is -0.159. The number of carbonyl (C=O) groups is 1. The standard InChI is InChI=1S/C34H60O8Si3/c1-13-18-37-28-16-14-25(15-17-28)29(36)20-27(35)19-26-22-38-30(34(42-45(10,11)12)33(26)41-44(7,8)9)21-31-32(39-31)23(2)24(3)40-43(4,5)6/h13-17,23-24,26,29-34,36H,1,18-22H2,2-12H3/t23-,24+,26+,29?,30+,31+,32+,33-,34-/m1/s1. The molecule has 45 heavy (non-hydrogen) atoms. The van der Waals surface area contributed by atoms with Gasteiger partial charge in [0.25, 0.3) is 0 Å². The van der Waals surface area contributed by atoms with Crippen LogP contribution in [0.2, 0.25) is 58.9 Å². The van der Waals surface area contributed by atoms with Crippen molar-refractivity contribution >= 4 is 30.7 Å². The van der Waals surface area contributed by atoms with E-state index in [0.29, 0.717) is 24.5 Å². The van der Waals surface area contributed by atoms with Gasteiger partial charge in [0.2, 0.25) is 0 Å². The Morgan fingerprint density at radius 2 is 1.56 bits per heavy atom. The minimum absolute atomic E-state index is 0.0201. The molecule has 0 saturated carbocycles. The zero-order chi connectivity index (χ0) is 33.7. The molecule has 1 unspecified atom stereocenters. The third kappa shape index (κ3) is 12.8. The van der Waals surface area contributed by atoms with Gasteiger partial charge in [-0.2, -0.15) is 0 Å². The number of benzene rings is 1. The predicted octanol–water partition coefficient (Wildman–Crippen LogP) is 7.12. The molecule has 2 aliphatic heterocycles. The van der Waals surface area contributed by atoms with Crippen molar-refractivity contribution in [2.24, 2.45) is 11.8 Å². The fraction of sp³-hybridized carbons (Fsp3) is 0.735. The van der Waals surface area contributed by atoms with Crippen LogP contribution in [-0.2, 0) is 27.5 Å². The van der Waals surface area contributed by atoms with E-state index in [1.807, 2.05) is 0 Å². The Morgan fingerprint density at radius 1 is 0.956 bits per heavy atom. The lowest BCUT2D eigenvalue weighted by atomic mass is 9.85. The highest BCUT2D eigenvalue weighted by atomic mass is 28.4. The summed E-state index contributed by atoms with van der Waals surface area (Å²) >= 11 is 0. The average Bonchev–Trinajstić information content (AvgIpc) is 3.67. The summed E-state index contributed by atoms with van der Waals surface area (Å²) in [7, 11) is -5.69. The summed E-state index contributed by atoms with van der Waals surface area (Å²) < 4.78 is 38.4. The fourth-order valence-electron chi connectivity index (χ4n) is 6.04. The average molecular weight is 681 g/mol. The lowest BCUT2D eigenvalue weighted by Gasteiger charge is -2.47. The Morgan fingerprint density at radius 3 is 2.11 bits per heavy atom. The Hall–Kier alpha value is -1.16. The molecule has 8 nitrogen and oxygen atoms in total. The largest absolute Gasteiger partial charge is 0.490 e. The maximum Gasteiger partial charge on any atom is 0.184 e. The van der Waals surface area contributed by atoms with Crippen molar-refractivity contribution in [3.8, 4) is 5.75 Å². The third-order valence-electron chi connectivity index (χ3n) is 8.09. The number of hydrogen-bond donors (Lipinski definition) is 1. The molecular weight excluding hydrogens is 621 g/mol. The van der Waals surface area contributed by atoms with Crippen LogP contribution in [0.5, 0.6) is 5.75 Å². The number of aliphatic hydroxyl groups is 1. The van der Waals surface area contributed by atoms with Crippen LogP contribution in [0, 0.1) is 11.8 Å². The molecule has 0 bridgehead atoms. The first-order valence-electron chi connectivity index (χ1n) is 16.6. The molecule has 2 fully saturated rings. The fourth-order valence-corrected chi connectivity index (χ4v) is 9.61. The first-order chi connectivity index (χ1) is 20.8. The molecule has 0 aromatic heterocycles. The second-order valence-corrected chi connectivity index (χ2v) is 29.2. The SMILES string of the molecule is C=CCOc1ccc(C(O)CC(=O)C[C@H]2CO[C@@H](C[C@@H]3O[C@H]3[C@H](C)[C@H](C)O[Si](C)(C)C)[C@@H](O[Si](C)(C)C)[C@@H]2O[Si](C)(C)C)cc1. The molecule has 0 amide bonds. The second kappa shape index (κ2) is 15.8. The van der Waals surface area contributed by atoms with Crippen LogP contribution < -0.4 is 4.74 Å². The number of Topliss-reactive ketones (excluding diaryl/α,β-unsaturated/α-hetero) is 1. The molecule has 1 aromatic rings. The molecule has 2 aliphatic rings. The van der Waals surface area contributed by atoms with E-state index in [2.05, 4.69) is 79.3 Å². The summed E-state index contributed by atoms with van der Waals surface area (Å²) in [5, 5.41) is 10.9. The minimum Gasteiger partial charge on any atom is -0.490 e. The summed E-state index contributed by atoms with van der Waals surface area (Å²) in [6, 6.07) is 7.19.